The van der Waals surface area contributed by atoms with Gasteiger partial charge in [0, 0.05) is 51.1 Å². The molecule has 5 nitrogen and oxygen atoms in total. The molecule has 1 aromatic heterocycles. The number of rotatable bonds is 5. The summed E-state index contributed by atoms with van der Waals surface area (Å²) in [5.41, 5.74) is 1.32. The number of nitrogens with zero attached hydrogens (tertiary/aromatic N) is 4. The van der Waals surface area contributed by atoms with Crippen molar-refractivity contribution in [1.29, 1.82) is 0 Å². The Hall–Kier alpha value is -0.910. The second kappa shape index (κ2) is 8.09. The van der Waals surface area contributed by atoms with E-state index in [4.69, 9.17) is 4.74 Å². The van der Waals surface area contributed by atoms with Gasteiger partial charge in [0.25, 0.3) is 0 Å². The summed E-state index contributed by atoms with van der Waals surface area (Å²) < 4.78 is 8.10. The van der Waals surface area contributed by atoms with Crippen molar-refractivity contribution < 1.29 is 4.74 Å². The zero-order valence-corrected chi connectivity index (χ0v) is 13.9. The second-order valence-corrected chi connectivity index (χ2v) is 6.65. The van der Waals surface area contributed by atoms with Crippen molar-refractivity contribution in [2.45, 2.75) is 51.8 Å². The molecule has 0 N–H and O–H groups in total. The minimum absolute atomic E-state index is 0.363. The Kier molecular flexibility index (Phi) is 5.87. The average Bonchev–Trinajstić information content (AvgIpc) is 2.88. The van der Waals surface area contributed by atoms with Crippen LogP contribution in [0.3, 0.4) is 0 Å². The van der Waals surface area contributed by atoms with Gasteiger partial charge in [-0.25, -0.2) is 0 Å². The molecule has 0 bridgehead atoms. The average molecular weight is 306 g/mol. The molecule has 0 unspecified atom stereocenters. The maximum absolute atomic E-state index is 6.10. The van der Waals surface area contributed by atoms with Gasteiger partial charge >= 0.3 is 0 Å². The minimum Gasteiger partial charge on any atom is -0.376 e. The van der Waals surface area contributed by atoms with Crippen LogP contribution in [0.1, 0.15) is 38.2 Å². The highest BCUT2D eigenvalue weighted by atomic mass is 16.5. The molecule has 0 saturated carbocycles. The van der Waals surface area contributed by atoms with Crippen molar-refractivity contribution in [3.05, 3.63) is 18.0 Å². The van der Waals surface area contributed by atoms with Crippen LogP contribution in [-0.2, 0) is 17.8 Å². The van der Waals surface area contributed by atoms with Crippen LogP contribution in [0.2, 0.25) is 0 Å². The first-order valence-electron chi connectivity index (χ1n) is 8.91. The summed E-state index contributed by atoms with van der Waals surface area (Å²) in [6.07, 6.45) is 9.79. The van der Waals surface area contributed by atoms with Gasteiger partial charge in [-0.05, 0) is 39.3 Å². The molecular weight excluding hydrogens is 276 g/mol. The summed E-state index contributed by atoms with van der Waals surface area (Å²) in [6, 6.07) is 0. The molecule has 2 aliphatic heterocycles. The van der Waals surface area contributed by atoms with E-state index in [0.717, 1.165) is 45.8 Å². The van der Waals surface area contributed by atoms with E-state index in [0.29, 0.717) is 6.10 Å². The van der Waals surface area contributed by atoms with Crippen LogP contribution < -0.4 is 0 Å². The molecule has 3 rings (SSSR count). The zero-order valence-electron chi connectivity index (χ0n) is 13.9. The van der Waals surface area contributed by atoms with Crippen LogP contribution in [0.5, 0.6) is 0 Å². The first kappa shape index (κ1) is 16.0. The van der Waals surface area contributed by atoms with Crippen LogP contribution in [0, 0.1) is 0 Å². The van der Waals surface area contributed by atoms with E-state index in [1.54, 1.807) is 0 Å². The fourth-order valence-electron chi connectivity index (χ4n) is 3.57. The monoisotopic (exact) mass is 306 g/mol. The van der Waals surface area contributed by atoms with Crippen molar-refractivity contribution in [2.75, 3.05) is 39.3 Å². The van der Waals surface area contributed by atoms with E-state index >= 15 is 0 Å². The van der Waals surface area contributed by atoms with Gasteiger partial charge in [0.1, 0.15) is 0 Å². The molecule has 2 fully saturated rings. The highest BCUT2D eigenvalue weighted by molar-refractivity contribution is 5.03. The molecule has 22 heavy (non-hydrogen) atoms. The van der Waals surface area contributed by atoms with Gasteiger partial charge in [-0.2, -0.15) is 5.10 Å². The highest BCUT2D eigenvalue weighted by Crippen LogP contribution is 2.14. The van der Waals surface area contributed by atoms with Gasteiger partial charge in [-0.15, -0.1) is 0 Å². The lowest BCUT2D eigenvalue weighted by atomic mass is 10.1. The lowest BCUT2D eigenvalue weighted by molar-refractivity contribution is 0.0217. The molecule has 0 radical (unpaired) electrons. The number of aryl methyl sites for hydroxylation is 1. The first-order chi connectivity index (χ1) is 10.8. The normalized spacial score (nSPS) is 25.2. The maximum Gasteiger partial charge on any atom is 0.0828 e. The number of ether oxygens (including phenoxy) is 1. The Morgan fingerprint density at radius 2 is 1.95 bits per heavy atom. The topological polar surface area (TPSA) is 33.5 Å². The molecule has 2 saturated heterocycles. The molecule has 124 valence electrons. The largest absolute Gasteiger partial charge is 0.376 e. The molecule has 5 heteroatoms. The summed E-state index contributed by atoms with van der Waals surface area (Å²) in [6.45, 7) is 10.8. The van der Waals surface area contributed by atoms with Crippen LogP contribution in [0.4, 0.5) is 0 Å². The molecule has 1 aromatic rings. The van der Waals surface area contributed by atoms with Gasteiger partial charge in [-0.1, -0.05) is 6.42 Å². The molecule has 0 aromatic carbocycles. The Labute approximate surface area is 134 Å². The lowest BCUT2D eigenvalue weighted by Crippen LogP contribution is -2.42. The fraction of sp³-hybridized carbons (Fsp3) is 0.824. The summed E-state index contributed by atoms with van der Waals surface area (Å²) >= 11 is 0. The van der Waals surface area contributed by atoms with Crippen molar-refractivity contribution >= 4 is 0 Å². The van der Waals surface area contributed by atoms with Crippen molar-refractivity contribution in [3.8, 4) is 0 Å². The van der Waals surface area contributed by atoms with Crippen molar-refractivity contribution in [2.24, 2.45) is 0 Å². The third-order valence-corrected chi connectivity index (χ3v) is 4.76. The Morgan fingerprint density at radius 3 is 2.73 bits per heavy atom. The molecule has 0 aliphatic carbocycles. The minimum atomic E-state index is 0.363. The van der Waals surface area contributed by atoms with Gasteiger partial charge in [0.05, 0.1) is 12.3 Å². The number of hydrogen-bond acceptors (Lipinski definition) is 4. The van der Waals surface area contributed by atoms with Gasteiger partial charge in [0.15, 0.2) is 0 Å². The Balaban J connectivity index is 1.52. The number of piperidine rings is 1. The van der Waals surface area contributed by atoms with E-state index < -0.39 is 0 Å². The molecular formula is C17H30N4O. The summed E-state index contributed by atoms with van der Waals surface area (Å²) in [5.74, 6) is 0. The van der Waals surface area contributed by atoms with Gasteiger partial charge in [-0.3, -0.25) is 9.58 Å². The second-order valence-electron chi connectivity index (χ2n) is 6.65. The van der Waals surface area contributed by atoms with E-state index in [9.17, 15) is 0 Å². The quantitative estimate of drug-likeness (QED) is 0.833. The van der Waals surface area contributed by atoms with E-state index in [1.807, 2.05) is 10.9 Å². The Bertz CT molecular complexity index is 442. The van der Waals surface area contributed by atoms with Crippen LogP contribution in [-0.4, -0.2) is 65.0 Å². The number of hydrogen-bond donors (Lipinski definition) is 0. The number of aromatic nitrogens is 2. The zero-order chi connectivity index (χ0) is 15.2. The van der Waals surface area contributed by atoms with Crippen molar-refractivity contribution in [3.63, 3.8) is 0 Å². The van der Waals surface area contributed by atoms with E-state index in [-0.39, 0.29) is 0 Å². The molecule has 0 amide bonds. The third kappa shape index (κ3) is 4.54. The van der Waals surface area contributed by atoms with Crippen LogP contribution in [0.15, 0.2) is 12.4 Å². The molecule has 2 aliphatic rings. The summed E-state index contributed by atoms with van der Waals surface area (Å²) in [7, 11) is 0. The predicted octanol–water partition coefficient (Wildman–Crippen LogP) is 1.98. The molecule has 1 atom stereocenters. The first-order valence-corrected chi connectivity index (χ1v) is 8.91. The van der Waals surface area contributed by atoms with E-state index in [2.05, 4.69) is 28.0 Å². The smallest absolute Gasteiger partial charge is 0.0828 e. The summed E-state index contributed by atoms with van der Waals surface area (Å²) in [4.78, 5) is 5.13. The molecule has 0 spiro atoms. The van der Waals surface area contributed by atoms with Crippen LogP contribution >= 0.6 is 0 Å². The highest BCUT2D eigenvalue weighted by Gasteiger charge is 2.22. The molecule has 3 heterocycles. The van der Waals surface area contributed by atoms with Gasteiger partial charge < -0.3 is 9.64 Å². The summed E-state index contributed by atoms with van der Waals surface area (Å²) in [5, 5.41) is 4.39. The Morgan fingerprint density at radius 1 is 1.14 bits per heavy atom. The standard InChI is InChI=1S/C17H30N4O/c1-2-21-13-16(11-18-21)12-20-9-6-10-22-17(15-20)14-19-7-4-3-5-8-19/h11,13,17H,2-10,12,14-15H2,1H3/t17-/m0/s1. The van der Waals surface area contributed by atoms with Crippen molar-refractivity contribution in [1.82, 2.24) is 19.6 Å². The maximum atomic E-state index is 6.10. The SMILES string of the molecule is CCn1cc(CN2CCCO[C@@H](CN3CCCCC3)C2)cn1. The number of likely N-dealkylation sites (tertiary alicyclic amines) is 1. The van der Waals surface area contributed by atoms with Crippen LogP contribution in [0.25, 0.3) is 0 Å². The fourth-order valence-corrected chi connectivity index (χ4v) is 3.57. The predicted molar refractivity (Wildman–Crippen MR) is 87.8 cm³/mol. The third-order valence-electron chi connectivity index (χ3n) is 4.76. The van der Waals surface area contributed by atoms with Gasteiger partial charge in [0.2, 0.25) is 0 Å². The van der Waals surface area contributed by atoms with E-state index in [1.165, 1.54) is 37.9 Å². The lowest BCUT2D eigenvalue weighted by Gasteiger charge is -2.31.